The molecule has 0 saturated heterocycles. The third kappa shape index (κ3) is 4.23. The molecule has 1 amide bonds. The van der Waals surface area contributed by atoms with Crippen LogP contribution in [0.15, 0.2) is 0 Å². The maximum atomic E-state index is 11.1. The van der Waals surface area contributed by atoms with Gasteiger partial charge < -0.3 is 5.32 Å². The van der Waals surface area contributed by atoms with Crippen LogP contribution in [0, 0.1) is 17.3 Å². The molecule has 0 bridgehead atoms. The SMILES string of the molecule is CCC(=O)NCCC(C)(C(C)C)C(C)C. The van der Waals surface area contributed by atoms with Gasteiger partial charge in [0.1, 0.15) is 0 Å². The Hall–Kier alpha value is -0.530. The molecule has 0 aliphatic rings. The van der Waals surface area contributed by atoms with Crippen molar-refractivity contribution in [3.05, 3.63) is 0 Å². The van der Waals surface area contributed by atoms with Gasteiger partial charge in [-0.25, -0.2) is 0 Å². The van der Waals surface area contributed by atoms with Crippen molar-refractivity contribution in [2.45, 2.75) is 54.4 Å². The van der Waals surface area contributed by atoms with E-state index in [1.807, 2.05) is 6.92 Å². The second-order valence-corrected chi connectivity index (χ2v) is 5.27. The third-order valence-electron chi connectivity index (χ3n) is 3.94. The molecule has 0 spiro atoms. The summed E-state index contributed by atoms with van der Waals surface area (Å²) < 4.78 is 0. The number of nitrogens with one attached hydrogen (secondary N) is 1. The Morgan fingerprint density at radius 3 is 2.00 bits per heavy atom. The molecular formula is C13H27NO. The van der Waals surface area contributed by atoms with E-state index in [9.17, 15) is 4.79 Å². The van der Waals surface area contributed by atoms with Gasteiger partial charge in [0.25, 0.3) is 0 Å². The van der Waals surface area contributed by atoms with Crippen LogP contribution in [0.4, 0.5) is 0 Å². The molecule has 0 aromatic heterocycles. The largest absolute Gasteiger partial charge is 0.356 e. The Morgan fingerprint density at radius 1 is 1.20 bits per heavy atom. The van der Waals surface area contributed by atoms with Crippen molar-refractivity contribution in [3.63, 3.8) is 0 Å². The molecule has 1 N–H and O–H groups in total. The minimum atomic E-state index is 0.157. The molecular weight excluding hydrogens is 186 g/mol. The van der Waals surface area contributed by atoms with Gasteiger partial charge in [0.15, 0.2) is 0 Å². The van der Waals surface area contributed by atoms with Crippen LogP contribution >= 0.6 is 0 Å². The molecule has 90 valence electrons. The monoisotopic (exact) mass is 213 g/mol. The molecule has 15 heavy (non-hydrogen) atoms. The molecule has 0 unspecified atom stereocenters. The number of hydrogen-bond donors (Lipinski definition) is 1. The average molecular weight is 213 g/mol. The van der Waals surface area contributed by atoms with Crippen LogP contribution in [-0.4, -0.2) is 12.5 Å². The maximum absolute atomic E-state index is 11.1. The van der Waals surface area contributed by atoms with Crippen LogP contribution in [0.2, 0.25) is 0 Å². The minimum Gasteiger partial charge on any atom is -0.356 e. The molecule has 2 nitrogen and oxygen atoms in total. The Kier molecular flexibility index (Phi) is 5.92. The van der Waals surface area contributed by atoms with Crippen molar-refractivity contribution in [3.8, 4) is 0 Å². The van der Waals surface area contributed by atoms with Gasteiger partial charge in [-0.3, -0.25) is 4.79 Å². The van der Waals surface area contributed by atoms with Crippen molar-refractivity contribution < 1.29 is 4.79 Å². The lowest BCUT2D eigenvalue weighted by molar-refractivity contribution is -0.120. The lowest BCUT2D eigenvalue weighted by Crippen LogP contribution is -2.35. The summed E-state index contributed by atoms with van der Waals surface area (Å²) in [5, 5.41) is 2.96. The predicted molar refractivity (Wildman–Crippen MR) is 65.7 cm³/mol. The van der Waals surface area contributed by atoms with E-state index in [1.165, 1.54) is 0 Å². The van der Waals surface area contributed by atoms with Crippen molar-refractivity contribution in [1.29, 1.82) is 0 Å². The molecule has 0 aromatic rings. The molecule has 0 aliphatic heterocycles. The molecule has 0 saturated carbocycles. The van der Waals surface area contributed by atoms with Crippen LogP contribution in [0.1, 0.15) is 54.4 Å². The van der Waals surface area contributed by atoms with Gasteiger partial charge in [0.2, 0.25) is 5.91 Å². The second kappa shape index (κ2) is 6.14. The fourth-order valence-corrected chi connectivity index (χ4v) is 1.84. The van der Waals surface area contributed by atoms with E-state index in [4.69, 9.17) is 0 Å². The highest BCUT2D eigenvalue weighted by molar-refractivity contribution is 5.75. The first-order valence-electron chi connectivity index (χ1n) is 6.11. The molecule has 0 aromatic carbocycles. The van der Waals surface area contributed by atoms with Crippen molar-refractivity contribution >= 4 is 5.91 Å². The number of rotatable bonds is 6. The first-order valence-corrected chi connectivity index (χ1v) is 6.11. The van der Waals surface area contributed by atoms with Crippen molar-refractivity contribution in [2.24, 2.45) is 17.3 Å². The van der Waals surface area contributed by atoms with E-state index >= 15 is 0 Å². The van der Waals surface area contributed by atoms with Crippen molar-refractivity contribution in [1.82, 2.24) is 5.32 Å². The highest BCUT2D eigenvalue weighted by Crippen LogP contribution is 2.38. The second-order valence-electron chi connectivity index (χ2n) is 5.27. The lowest BCUT2D eigenvalue weighted by Gasteiger charge is -2.38. The fourth-order valence-electron chi connectivity index (χ4n) is 1.84. The number of carbonyl (C=O) groups excluding carboxylic acids is 1. The zero-order valence-electron chi connectivity index (χ0n) is 11.2. The third-order valence-corrected chi connectivity index (χ3v) is 3.94. The first kappa shape index (κ1) is 14.5. The van der Waals surface area contributed by atoms with E-state index in [0.29, 0.717) is 23.7 Å². The topological polar surface area (TPSA) is 29.1 Å². The van der Waals surface area contributed by atoms with Crippen LogP contribution in [0.25, 0.3) is 0 Å². The van der Waals surface area contributed by atoms with Crippen LogP contribution in [-0.2, 0) is 4.79 Å². The molecule has 0 aliphatic carbocycles. The van der Waals surface area contributed by atoms with E-state index < -0.39 is 0 Å². The van der Waals surface area contributed by atoms with Crippen LogP contribution in [0.5, 0.6) is 0 Å². The summed E-state index contributed by atoms with van der Waals surface area (Å²) in [7, 11) is 0. The molecule has 0 heterocycles. The Morgan fingerprint density at radius 2 is 1.67 bits per heavy atom. The van der Waals surface area contributed by atoms with Crippen molar-refractivity contribution in [2.75, 3.05) is 6.54 Å². The summed E-state index contributed by atoms with van der Waals surface area (Å²) in [6.07, 6.45) is 1.65. The summed E-state index contributed by atoms with van der Waals surface area (Å²) >= 11 is 0. The average Bonchev–Trinajstić information content (AvgIpc) is 2.16. The van der Waals surface area contributed by atoms with Crippen LogP contribution in [0.3, 0.4) is 0 Å². The summed E-state index contributed by atoms with van der Waals surface area (Å²) in [6, 6.07) is 0. The normalized spacial score (nSPS) is 12.3. The predicted octanol–water partition coefficient (Wildman–Crippen LogP) is 3.22. The van der Waals surface area contributed by atoms with E-state index in [1.54, 1.807) is 0 Å². The van der Waals surface area contributed by atoms with Gasteiger partial charge in [-0.1, -0.05) is 41.5 Å². The van der Waals surface area contributed by atoms with Gasteiger partial charge >= 0.3 is 0 Å². The highest BCUT2D eigenvalue weighted by atomic mass is 16.1. The fraction of sp³-hybridized carbons (Fsp3) is 0.923. The zero-order valence-corrected chi connectivity index (χ0v) is 11.2. The zero-order chi connectivity index (χ0) is 12.1. The van der Waals surface area contributed by atoms with E-state index in [0.717, 1.165) is 13.0 Å². The highest BCUT2D eigenvalue weighted by Gasteiger charge is 2.31. The molecule has 0 fully saturated rings. The van der Waals surface area contributed by atoms with Gasteiger partial charge in [-0.15, -0.1) is 0 Å². The minimum absolute atomic E-state index is 0.157. The molecule has 0 rings (SSSR count). The van der Waals surface area contributed by atoms with E-state index in [-0.39, 0.29) is 5.91 Å². The Balaban J connectivity index is 4.15. The maximum Gasteiger partial charge on any atom is 0.219 e. The Labute approximate surface area is 94.8 Å². The number of amides is 1. The van der Waals surface area contributed by atoms with Gasteiger partial charge in [-0.2, -0.15) is 0 Å². The number of hydrogen-bond acceptors (Lipinski definition) is 1. The van der Waals surface area contributed by atoms with Crippen LogP contribution < -0.4 is 5.32 Å². The quantitative estimate of drug-likeness (QED) is 0.721. The summed E-state index contributed by atoms with van der Waals surface area (Å²) in [4.78, 5) is 11.1. The van der Waals surface area contributed by atoms with Gasteiger partial charge in [-0.05, 0) is 23.7 Å². The summed E-state index contributed by atoms with van der Waals surface area (Å²) in [5.41, 5.74) is 0.320. The Bertz CT molecular complexity index is 189. The van der Waals surface area contributed by atoms with Gasteiger partial charge in [0, 0.05) is 13.0 Å². The first-order chi connectivity index (χ1) is 6.84. The summed E-state index contributed by atoms with van der Waals surface area (Å²) in [5.74, 6) is 1.46. The smallest absolute Gasteiger partial charge is 0.219 e. The lowest BCUT2D eigenvalue weighted by atomic mass is 9.68. The number of carbonyl (C=O) groups is 1. The van der Waals surface area contributed by atoms with E-state index in [2.05, 4.69) is 39.9 Å². The summed E-state index contributed by atoms with van der Waals surface area (Å²) in [6.45, 7) is 14.1. The van der Waals surface area contributed by atoms with Gasteiger partial charge in [0.05, 0.1) is 0 Å². The molecule has 2 heteroatoms. The molecule has 0 atom stereocenters. The molecule has 0 radical (unpaired) electrons. The standard InChI is InChI=1S/C13H27NO/c1-7-12(15)14-9-8-13(6,10(2)3)11(4)5/h10-11H,7-9H2,1-6H3,(H,14,15).